The van der Waals surface area contributed by atoms with E-state index in [2.05, 4.69) is 20.1 Å². The van der Waals surface area contributed by atoms with Crippen LogP contribution in [0.2, 0.25) is 0 Å². The third-order valence-corrected chi connectivity index (χ3v) is 4.15. The van der Waals surface area contributed by atoms with Crippen molar-refractivity contribution in [1.29, 1.82) is 0 Å². The van der Waals surface area contributed by atoms with Gasteiger partial charge in [0, 0.05) is 38.8 Å². The third kappa shape index (κ3) is 3.74. The molecule has 1 fully saturated rings. The number of hydrogen-bond acceptors (Lipinski definition) is 6. The van der Waals surface area contributed by atoms with E-state index < -0.39 is 10.7 Å². The molecule has 0 spiro atoms. The Labute approximate surface area is 138 Å². The molecule has 0 amide bonds. The van der Waals surface area contributed by atoms with Gasteiger partial charge < -0.3 is 0 Å². The second-order valence-electron chi connectivity index (χ2n) is 5.88. The fourth-order valence-electron chi connectivity index (χ4n) is 2.86. The molecule has 1 aliphatic rings. The molecule has 1 aliphatic heterocycles. The predicted molar refractivity (Wildman–Crippen MR) is 84.7 cm³/mol. The van der Waals surface area contributed by atoms with E-state index in [-0.39, 0.29) is 17.8 Å². The van der Waals surface area contributed by atoms with Crippen LogP contribution < -0.4 is 0 Å². The number of nitrogens with one attached hydrogen (secondary N) is 1. The van der Waals surface area contributed by atoms with Crippen LogP contribution in [0, 0.1) is 22.9 Å². The van der Waals surface area contributed by atoms with Crippen molar-refractivity contribution in [3.63, 3.8) is 0 Å². The zero-order chi connectivity index (χ0) is 17.1. The average Bonchev–Trinajstić information content (AvgIpc) is 2.96. The van der Waals surface area contributed by atoms with Gasteiger partial charge in [-0.05, 0) is 13.0 Å². The minimum Gasteiger partial charge on any atom is -0.296 e. The van der Waals surface area contributed by atoms with Crippen molar-refractivity contribution in [2.75, 3.05) is 26.2 Å². The summed E-state index contributed by atoms with van der Waals surface area (Å²) >= 11 is 0. The summed E-state index contributed by atoms with van der Waals surface area (Å²) in [4.78, 5) is 19.1. The third-order valence-electron chi connectivity index (χ3n) is 4.15. The number of nitro groups is 1. The SMILES string of the molecule is Cc1nc(CN2CCN(Cc3c(F)cccc3[N+](=O)[O-])CC2)n[nH]1. The first-order valence-electron chi connectivity index (χ1n) is 7.77. The van der Waals surface area contributed by atoms with Crippen molar-refractivity contribution in [2.45, 2.75) is 20.0 Å². The summed E-state index contributed by atoms with van der Waals surface area (Å²) in [5, 5.41) is 18.0. The van der Waals surface area contributed by atoms with Gasteiger partial charge in [0.2, 0.25) is 0 Å². The summed E-state index contributed by atoms with van der Waals surface area (Å²) in [6.07, 6.45) is 0. The molecule has 0 atom stereocenters. The number of hydrogen-bond donors (Lipinski definition) is 1. The van der Waals surface area contributed by atoms with Crippen LogP contribution in [0.4, 0.5) is 10.1 Å². The van der Waals surface area contributed by atoms with E-state index in [0.29, 0.717) is 6.54 Å². The molecule has 2 aromatic rings. The minimum absolute atomic E-state index is 0.153. The summed E-state index contributed by atoms with van der Waals surface area (Å²) in [5.74, 6) is 1.02. The van der Waals surface area contributed by atoms with E-state index in [9.17, 15) is 14.5 Å². The fourth-order valence-corrected chi connectivity index (χ4v) is 2.86. The molecule has 1 aromatic carbocycles. The normalized spacial score (nSPS) is 16.4. The predicted octanol–water partition coefficient (Wildman–Crippen LogP) is 1.48. The molecule has 3 rings (SSSR count). The van der Waals surface area contributed by atoms with Crippen LogP contribution in [0.25, 0.3) is 0 Å². The summed E-state index contributed by atoms with van der Waals surface area (Å²) in [6.45, 7) is 5.78. The number of aromatic amines is 1. The van der Waals surface area contributed by atoms with Gasteiger partial charge in [-0.15, -0.1) is 0 Å². The highest BCUT2D eigenvalue weighted by Crippen LogP contribution is 2.23. The van der Waals surface area contributed by atoms with Gasteiger partial charge in [0.1, 0.15) is 11.6 Å². The van der Waals surface area contributed by atoms with Gasteiger partial charge in [0.25, 0.3) is 5.69 Å². The summed E-state index contributed by atoms with van der Waals surface area (Å²) in [7, 11) is 0. The lowest BCUT2D eigenvalue weighted by molar-refractivity contribution is -0.386. The number of nitrogens with zero attached hydrogens (tertiary/aromatic N) is 5. The van der Waals surface area contributed by atoms with Gasteiger partial charge in [-0.3, -0.25) is 25.0 Å². The Hall–Kier alpha value is -2.39. The lowest BCUT2D eigenvalue weighted by Gasteiger charge is -2.34. The van der Waals surface area contributed by atoms with Crippen LogP contribution in [-0.4, -0.2) is 56.1 Å². The number of aromatic nitrogens is 3. The second-order valence-corrected chi connectivity index (χ2v) is 5.88. The largest absolute Gasteiger partial charge is 0.296 e. The zero-order valence-electron chi connectivity index (χ0n) is 13.4. The highest BCUT2D eigenvalue weighted by molar-refractivity contribution is 5.40. The molecule has 1 N–H and O–H groups in total. The van der Waals surface area contributed by atoms with Gasteiger partial charge in [-0.2, -0.15) is 5.10 Å². The van der Waals surface area contributed by atoms with Gasteiger partial charge in [0.15, 0.2) is 5.82 Å². The number of H-pyrrole nitrogens is 1. The highest BCUT2D eigenvalue weighted by atomic mass is 19.1. The van der Waals surface area contributed by atoms with E-state index in [0.717, 1.165) is 37.8 Å². The Kier molecular flexibility index (Phi) is 4.81. The molecule has 2 heterocycles. The molecule has 128 valence electrons. The van der Waals surface area contributed by atoms with Crippen LogP contribution in [0.3, 0.4) is 0 Å². The maximum Gasteiger partial charge on any atom is 0.276 e. The number of nitro benzene ring substituents is 1. The standard InChI is InChI=1S/C15H19FN6O2/c1-11-17-15(19-18-11)10-21-7-5-20(6-8-21)9-12-13(16)3-2-4-14(12)22(23)24/h2-4H,5-10H2,1H3,(H,17,18,19). The molecule has 24 heavy (non-hydrogen) atoms. The Morgan fingerprint density at radius 1 is 1.25 bits per heavy atom. The van der Waals surface area contributed by atoms with Crippen molar-refractivity contribution in [3.05, 3.63) is 51.3 Å². The first-order chi connectivity index (χ1) is 11.5. The van der Waals surface area contributed by atoms with Crippen LogP contribution in [0.5, 0.6) is 0 Å². The van der Waals surface area contributed by atoms with Crippen LogP contribution in [0.15, 0.2) is 18.2 Å². The van der Waals surface area contributed by atoms with E-state index in [1.807, 2.05) is 11.8 Å². The number of rotatable bonds is 5. The van der Waals surface area contributed by atoms with Crippen LogP contribution in [-0.2, 0) is 13.1 Å². The molecule has 1 aromatic heterocycles. The first kappa shape index (κ1) is 16.5. The van der Waals surface area contributed by atoms with Crippen molar-refractivity contribution >= 4 is 5.69 Å². The fraction of sp³-hybridized carbons (Fsp3) is 0.467. The van der Waals surface area contributed by atoms with Crippen molar-refractivity contribution in [1.82, 2.24) is 25.0 Å². The van der Waals surface area contributed by atoms with E-state index in [4.69, 9.17) is 0 Å². The summed E-state index contributed by atoms with van der Waals surface area (Å²) in [6, 6.07) is 3.98. The van der Waals surface area contributed by atoms with E-state index in [1.165, 1.54) is 18.2 Å². The van der Waals surface area contributed by atoms with Gasteiger partial charge in [-0.25, -0.2) is 9.37 Å². The zero-order valence-corrected chi connectivity index (χ0v) is 13.4. The molecule has 0 saturated carbocycles. The molecular formula is C15H19FN6O2. The molecule has 0 aliphatic carbocycles. The molecule has 1 saturated heterocycles. The van der Waals surface area contributed by atoms with Crippen molar-refractivity contribution in [3.8, 4) is 0 Å². The number of halogens is 1. The van der Waals surface area contributed by atoms with E-state index in [1.54, 1.807) is 0 Å². The van der Waals surface area contributed by atoms with Crippen LogP contribution >= 0.6 is 0 Å². The lowest BCUT2D eigenvalue weighted by Crippen LogP contribution is -2.45. The number of piperazine rings is 1. The number of benzene rings is 1. The highest BCUT2D eigenvalue weighted by Gasteiger charge is 2.23. The average molecular weight is 334 g/mol. The van der Waals surface area contributed by atoms with E-state index >= 15 is 0 Å². The second kappa shape index (κ2) is 7.02. The number of aryl methyl sites for hydroxylation is 1. The molecule has 0 bridgehead atoms. The molecule has 0 radical (unpaired) electrons. The Bertz CT molecular complexity index is 727. The first-order valence-corrected chi connectivity index (χ1v) is 7.77. The van der Waals surface area contributed by atoms with Crippen LogP contribution in [0.1, 0.15) is 17.2 Å². The van der Waals surface area contributed by atoms with Crippen molar-refractivity contribution in [2.24, 2.45) is 0 Å². The quantitative estimate of drug-likeness (QED) is 0.658. The Balaban J connectivity index is 1.59. The minimum atomic E-state index is -0.528. The summed E-state index contributed by atoms with van der Waals surface area (Å²) in [5.41, 5.74) is -0.00540. The summed E-state index contributed by atoms with van der Waals surface area (Å²) < 4.78 is 14.0. The maximum atomic E-state index is 14.0. The lowest BCUT2D eigenvalue weighted by atomic mass is 10.1. The molecule has 8 nitrogen and oxygen atoms in total. The topological polar surface area (TPSA) is 91.2 Å². The Morgan fingerprint density at radius 2 is 1.92 bits per heavy atom. The smallest absolute Gasteiger partial charge is 0.276 e. The maximum absolute atomic E-state index is 14.0. The van der Waals surface area contributed by atoms with Gasteiger partial charge in [0.05, 0.1) is 17.0 Å². The van der Waals surface area contributed by atoms with Crippen molar-refractivity contribution < 1.29 is 9.31 Å². The van der Waals surface area contributed by atoms with Gasteiger partial charge in [-0.1, -0.05) is 6.07 Å². The molecule has 9 heteroatoms. The Morgan fingerprint density at radius 3 is 2.50 bits per heavy atom. The monoisotopic (exact) mass is 334 g/mol. The molecular weight excluding hydrogens is 315 g/mol. The van der Waals surface area contributed by atoms with Gasteiger partial charge >= 0.3 is 0 Å². The molecule has 0 unspecified atom stereocenters.